The lowest BCUT2D eigenvalue weighted by Crippen LogP contribution is -2.14. The van der Waals surface area contributed by atoms with Gasteiger partial charge in [-0.15, -0.1) is 0 Å². The lowest BCUT2D eigenvalue weighted by molar-refractivity contribution is 0.100. The van der Waals surface area contributed by atoms with E-state index in [4.69, 9.17) is 23.2 Å². The van der Waals surface area contributed by atoms with Crippen molar-refractivity contribution in [2.24, 2.45) is 0 Å². The van der Waals surface area contributed by atoms with Crippen LogP contribution in [0.1, 0.15) is 36.7 Å². The molecule has 0 aliphatic heterocycles. The second-order valence-corrected chi connectivity index (χ2v) is 5.74. The molecule has 0 bridgehead atoms. The molecule has 16 heavy (non-hydrogen) atoms. The average Bonchev–Trinajstić information content (AvgIpc) is 2.15. The predicted molar refractivity (Wildman–Crippen MR) is 66.6 cm³/mol. The maximum Gasteiger partial charge on any atom is 0.199 e. The molecule has 0 aliphatic rings. The largest absolute Gasteiger partial charge is 0.507 e. The Bertz CT molecular complexity index is 406. The Morgan fingerprint density at radius 1 is 1.31 bits per heavy atom. The second-order valence-electron chi connectivity index (χ2n) is 4.65. The number of rotatable bonds is 2. The van der Waals surface area contributed by atoms with Gasteiger partial charge in [0.2, 0.25) is 0 Å². The molecule has 0 heterocycles. The molecule has 1 rings (SSSR count). The molecule has 0 atom stereocenters. The zero-order valence-corrected chi connectivity index (χ0v) is 10.9. The number of alkyl halides is 2. The van der Waals surface area contributed by atoms with Crippen LogP contribution in [0.15, 0.2) is 18.2 Å². The lowest BCUT2D eigenvalue weighted by Gasteiger charge is -2.20. The summed E-state index contributed by atoms with van der Waals surface area (Å²) in [5, 5.41) is 9.58. The molecule has 1 aromatic carbocycles. The van der Waals surface area contributed by atoms with E-state index in [1.54, 1.807) is 12.1 Å². The molecule has 0 saturated carbocycles. The van der Waals surface area contributed by atoms with Crippen molar-refractivity contribution in [2.45, 2.75) is 31.0 Å². The highest BCUT2D eigenvalue weighted by Gasteiger charge is 2.21. The highest BCUT2D eigenvalue weighted by Crippen LogP contribution is 2.29. The van der Waals surface area contributed by atoms with E-state index in [-0.39, 0.29) is 16.7 Å². The first-order valence-electron chi connectivity index (χ1n) is 4.89. The SMILES string of the molecule is CC(C)(C)c1ccc(O)c(C(=O)C(Cl)Cl)c1. The van der Waals surface area contributed by atoms with Crippen LogP contribution in [0.2, 0.25) is 0 Å². The van der Waals surface area contributed by atoms with Gasteiger partial charge >= 0.3 is 0 Å². The summed E-state index contributed by atoms with van der Waals surface area (Å²) in [6, 6.07) is 4.91. The summed E-state index contributed by atoms with van der Waals surface area (Å²) in [5.74, 6) is -0.573. The van der Waals surface area contributed by atoms with Crippen molar-refractivity contribution in [3.05, 3.63) is 29.3 Å². The third kappa shape index (κ3) is 2.89. The summed E-state index contributed by atoms with van der Waals surface area (Å²) < 4.78 is 0. The standard InChI is InChI=1S/C12H14Cl2O2/c1-12(2,3)7-4-5-9(15)8(6-7)10(16)11(13)14/h4-6,11,15H,1-3H3. The minimum Gasteiger partial charge on any atom is -0.507 e. The van der Waals surface area contributed by atoms with E-state index >= 15 is 0 Å². The van der Waals surface area contributed by atoms with Crippen molar-refractivity contribution < 1.29 is 9.90 Å². The third-order valence-electron chi connectivity index (χ3n) is 2.33. The van der Waals surface area contributed by atoms with Crippen molar-refractivity contribution in [1.29, 1.82) is 0 Å². The van der Waals surface area contributed by atoms with Crippen molar-refractivity contribution in [1.82, 2.24) is 0 Å². The first-order chi connectivity index (χ1) is 7.23. The number of ketones is 1. The molecular formula is C12H14Cl2O2. The topological polar surface area (TPSA) is 37.3 Å². The minimum atomic E-state index is -1.15. The maximum absolute atomic E-state index is 11.6. The first kappa shape index (κ1) is 13.3. The fourth-order valence-electron chi connectivity index (χ4n) is 1.32. The van der Waals surface area contributed by atoms with E-state index in [0.29, 0.717) is 0 Å². The number of benzene rings is 1. The number of carbonyl (C=O) groups excluding carboxylic acids is 1. The Labute approximate surface area is 105 Å². The fourth-order valence-corrected chi connectivity index (χ4v) is 1.55. The van der Waals surface area contributed by atoms with Gasteiger partial charge in [0.25, 0.3) is 0 Å². The summed E-state index contributed by atoms with van der Waals surface area (Å²) >= 11 is 11.0. The van der Waals surface area contributed by atoms with Crippen LogP contribution in [-0.2, 0) is 5.41 Å². The summed E-state index contributed by atoms with van der Waals surface area (Å²) in [5.41, 5.74) is 1.02. The van der Waals surface area contributed by atoms with Gasteiger partial charge in [-0.05, 0) is 23.1 Å². The second kappa shape index (κ2) is 4.64. The number of hydrogen-bond donors (Lipinski definition) is 1. The number of hydrogen-bond acceptors (Lipinski definition) is 2. The van der Waals surface area contributed by atoms with E-state index < -0.39 is 10.6 Å². The molecule has 88 valence electrons. The zero-order valence-electron chi connectivity index (χ0n) is 9.42. The van der Waals surface area contributed by atoms with Crippen LogP contribution < -0.4 is 0 Å². The molecule has 2 nitrogen and oxygen atoms in total. The lowest BCUT2D eigenvalue weighted by atomic mass is 9.85. The van der Waals surface area contributed by atoms with Crippen LogP contribution in [-0.4, -0.2) is 15.7 Å². The summed E-state index contributed by atoms with van der Waals surface area (Å²) in [7, 11) is 0. The Balaban J connectivity index is 3.25. The van der Waals surface area contributed by atoms with Crippen molar-refractivity contribution in [3.63, 3.8) is 0 Å². The Morgan fingerprint density at radius 3 is 2.31 bits per heavy atom. The Hall–Kier alpha value is -0.730. The smallest absolute Gasteiger partial charge is 0.199 e. The molecule has 0 unspecified atom stereocenters. The van der Waals surface area contributed by atoms with Gasteiger partial charge in [0, 0.05) is 0 Å². The molecule has 0 spiro atoms. The molecule has 0 fully saturated rings. The monoisotopic (exact) mass is 260 g/mol. The van der Waals surface area contributed by atoms with Gasteiger partial charge in [-0.3, -0.25) is 4.79 Å². The van der Waals surface area contributed by atoms with Crippen LogP contribution in [0.3, 0.4) is 0 Å². The van der Waals surface area contributed by atoms with Gasteiger partial charge in [-0.2, -0.15) is 0 Å². The highest BCUT2D eigenvalue weighted by atomic mass is 35.5. The van der Waals surface area contributed by atoms with Crippen LogP contribution >= 0.6 is 23.2 Å². The Kier molecular flexibility index (Phi) is 3.87. The first-order valence-corrected chi connectivity index (χ1v) is 5.76. The molecule has 4 heteroatoms. The quantitative estimate of drug-likeness (QED) is 0.651. The van der Waals surface area contributed by atoms with Gasteiger partial charge in [-0.1, -0.05) is 50.0 Å². The fraction of sp³-hybridized carbons (Fsp3) is 0.417. The van der Waals surface area contributed by atoms with E-state index in [1.165, 1.54) is 6.07 Å². The van der Waals surface area contributed by atoms with Crippen LogP contribution in [0, 0.1) is 0 Å². The molecule has 1 N–H and O–H groups in total. The minimum absolute atomic E-state index is 0.0932. The van der Waals surface area contributed by atoms with Crippen molar-refractivity contribution >= 4 is 29.0 Å². The normalized spacial score (nSPS) is 11.9. The van der Waals surface area contributed by atoms with Gasteiger partial charge in [-0.25, -0.2) is 0 Å². The zero-order chi connectivity index (χ0) is 12.5. The molecular weight excluding hydrogens is 247 g/mol. The molecule has 0 saturated heterocycles. The van der Waals surface area contributed by atoms with E-state index in [2.05, 4.69) is 0 Å². The van der Waals surface area contributed by atoms with Gasteiger partial charge in [0.1, 0.15) is 5.75 Å². The molecule has 1 aromatic rings. The summed E-state index contributed by atoms with van der Waals surface area (Å²) in [6.07, 6.45) is 0. The maximum atomic E-state index is 11.6. The van der Waals surface area contributed by atoms with Crippen LogP contribution in [0.5, 0.6) is 5.75 Å². The van der Waals surface area contributed by atoms with Crippen LogP contribution in [0.4, 0.5) is 0 Å². The van der Waals surface area contributed by atoms with Gasteiger partial charge in [0.05, 0.1) is 5.56 Å². The number of phenolic OH excluding ortho intramolecular Hbond substituents is 1. The third-order valence-corrected chi connectivity index (χ3v) is 2.72. The molecule has 0 radical (unpaired) electrons. The number of halogens is 2. The van der Waals surface area contributed by atoms with Crippen molar-refractivity contribution in [2.75, 3.05) is 0 Å². The predicted octanol–water partition coefficient (Wildman–Crippen LogP) is 3.68. The van der Waals surface area contributed by atoms with E-state index in [0.717, 1.165) is 5.56 Å². The average molecular weight is 261 g/mol. The number of aromatic hydroxyl groups is 1. The summed E-state index contributed by atoms with van der Waals surface area (Å²) in [4.78, 5) is 10.5. The summed E-state index contributed by atoms with van der Waals surface area (Å²) in [6.45, 7) is 6.06. The van der Waals surface area contributed by atoms with E-state index in [1.807, 2.05) is 20.8 Å². The number of Topliss-reactive ketones (excluding diaryl/α,β-unsaturated/α-hetero) is 1. The van der Waals surface area contributed by atoms with Crippen molar-refractivity contribution in [3.8, 4) is 5.75 Å². The van der Waals surface area contributed by atoms with E-state index in [9.17, 15) is 9.90 Å². The number of carbonyl (C=O) groups is 1. The van der Waals surface area contributed by atoms with Gasteiger partial charge < -0.3 is 5.11 Å². The number of phenols is 1. The Morgan fingerprint density at radius 2 is 1.88 bits per heavy atom. The highest BCUT2D eigenvalue weighted by molar-refractivity contribution is 6.55. The molecule has 0 aromatic heterocycles. The molecule has 0 aliphatic carbocycles. The molecule has 0 amide bonds. The van der Waals surface area contributed by atoms with Crippen LogP contribution in [0.25, 0.3) is 0 Å². The van der Waals surface area contributed by atoms with Gasteiger partial charge in [0.15, 0.2) is 10.6 Å².